The standard InChI is InChI=1S/C39H36O6/c1-25(2)38(40)44-34(28-14-8-6-9-15-28)23-42-36-30-18-12-13-19-31(30)37(33-22-27(5)20-21-32(33)36)43-24-35(45-39(41)26(3)4)29-16-10-7-11-17-29/h6-22,34-35H,1,3,23-24H2,2,4-5H3. The van der Waals surface area contributed by atoms with Gasteiger partial charge in [-0.25, -0.2) is 9.59 Å². The van der Waals surface area contributed by atoms with Gasteiger partial charge in [-0.1, -0.05) is 116 Å². The monoisotopic (exact) mass is 600 g/mol. The van der Waals surface area contributed by atoms with Crippen molar-refractivity contribution in [2.75, 3.05) is 13.2 Å². The highest BCUT2D eigenvalue weighted by Gasteiger charge is 2.23. The van der Waals surface area contributed by atoms with Crippen molar-refractivity contribution < 1.29 is 28.5 Å². The first-order valence-corrected chi connectivity index (χ1v) is 14.8. The number of rotatable bonds is 12. The Labute approximate surface area is 263 Å². The molecule has 2 unspecified atom stereocenters. The van der Waals surface area contributed by atoms with E-state index in [1.807, 2.05) is 104 Å². The Morgan fingerprint density at radius 2 is 0.978 bits per heavy atom. The Bertz CT molecular complexity index is 1860. The van der Waals surface area contributed by atoms with Gasteiger partial charge in [-0.2, -0.15) is 0 Å². The second kappa shape index (κ2) is 14.0. The first kappa shape index (κ1) is 31.1. The van der Waals surface area contributed by atoms with Crippen LogP contribution < -0.4 is 9.47 Å². The number of hydrogen-bond donors (Lipinski definition) is 0. The largest absolute Gasteiger partial charge is 0.488 e. The number of aryl methyl sites for hydroxylation is 1. The van der Waals surface area contributed by atoms with E-state index >= 15 is 0 Å². The Hall–Kier alpha value is -5.36. The third-order valence-corrected chi connectivity index (χ3v) is 7.38. The number of carbonyl (C=O) groups is 2. The summed E-state index contributed by atoms with van der Waals surface area (Å²) in [6.07, 6.45) is -1.31. The molecule has 0 aliphatic rings. The van der Waals surface area contributed by atoms with Gasteiger partial charge >= 0.3 is 11.9 Å². The van der Waals surface area contributed by atoms with E-state index in [0.29, 0.717) is 22.6 Å². The topological polar surface area (TPSA) is 71.1 Å². The van der Waals surface area contributed by atoms with Gasteiger partial charge in [0.1, 0.15) is 24.7 Å². The lowest BCUT2D eigenvalue weighted by Gasteiger charge is -2.23. The van der Waals surface area contributed by atoms with Crippen molar-refractivity contribution in [3.63, 3.8) is 0 Å². The normalized spacial score (nSPS) is 12.2. The zero-order valence-electron chi connectivity index (χ0n) is 25.7. The summed E-state index contributed by atoms with van der Waals surface area (Å²) in [5, 5.41) is 3.34. The molecule has 228 valence electrons. The van der Waals surface area contributed by atoms with Crippen molar-refractivity contribution in [2.24, 2.45) is 0 Å². The molecule has 0 amide bonds. The molecule has 0 aromatic heterocycles. The number of fused-ring (bicyclic) bond motifs is 2. The molecule has 0 fully saturated rings. The minimum Gasteiger partial charge on any atom is -0.488 e. The highest BCUT2D eigenvalue weighted by atomic mass is 16.6. The third-order valence-electron chi connectivity index (χ3n) is 7.38. The van der Waals surface area contributed by atoms with Crippen LogP contribution in [0.25, 0.3) is 21.5 Å². The summed E-state index contributed by atoms with van der Waals surface area (Å²) >= 11 is 0. The first-order valence-electron chi connectivity index (χ1n) is 14.8. The maximum atomic E-state index is 12.6. The number of ether oxygens (including phenoxy) is 4. The molecule has 5 aromatic rings. The van der Waals surface area contributed by atoms with Crippen LogP contribution in [-0.2, 0) is 19.1 Å². The molecule has 0 bridgehead atoms. The van der Waals surface area contributed by atoms with Gasteiger partial charge in [-0.15, -0.1) is 0 Å². The maximum Gasteiger partial charge on any atom is 0.333 e. The molecule has 0 radical (unpaired) electrons. The molecule has 5 rings (SSSR count). The van der Waals surface area contributed by atoms with E-state index in [9.17, 15) is 9.59 Å². The lowest BCUT2D eigenvalue weighted by molar-refractivity contribution is -0.147. The smallest absolute Gasteiger partial charge is 0.333 e. The van der Waals surface area contributed by atoms with Crippen LogP contribution >= 0.6 is 0 Å². The van der Waals surface area contributed by atoms with Gasteiger partial charge in [-0.05, 0) is 38.0 Å². The molecular formula is C39H36O6. The quantitative estimate of drug-likeness (QED) is 0.0810. The van der Waals surface area contributed by atoms with Crippen molar-refractivity contribution in [1.29, 1.82) is 0 Å². The summed E-state index contributed by atoms with van der Waals surface area (Å²) in [6.45, 7) is 12.9. The minimum atomic E-state index is -0.653. The number of carbonyl (C=O) groups excluding carboxylic acids is 2. The molecule has 0 aliphatic heterocycles. The van der Waals surface area contributed by atoms with Crippen LogP contribution in [0.5, 0.6) is 11.5 Å². The lowest BCUT2D eigenvalue weighted by Crippen LogP contribution is -2.19. The van der Waals surface area contributed by atoms with Crippen LogP contribution in [0.15, 0.2) is 127 Å². The third kappa shape index (κ3) is 7.24. The minimum absolute atomic E-state index is 0.0865. The van der Waals surface area contributed by atoms with Gasteiger partial charge in [0.15, 0.2) is 12.2 Å². The average molecular weight is 601 g/mol. The van der Waals surface area contributed by atoms with Gasteiger partial charge in [0.2, 0.25) is 0 Å². The SMILES string of the molecule is C=C(C)C(=O)OC(COc1c2ccccc2c(OCC(OC(=O)C(=C)C)c2ccccc2)c2cc(C)ccc12)c1ccccc1. The van der Waals surface area contributed by atoms with Crippen molar-refractivity contribution in [3.05, 3.63) is 144 Å². The molecule has 0 saturated carbocycles. The van der Waals surface area contributed by atoms with Crippen LogP contribution in [0.2, 0.25) is 0 Å². The molecule has 6 heteroatoms. The molecule has 45 heavy (non-hydrogen) atoms. The summed E-state index contributed by atoms with van der Waals surface area (Å²) < 4.78 is 24.7. The molecule has 0 aliphatic carbocycles. The molecule has 5 aromatic carbocycles. The van der Waals surface area contributed by atoms with Gasteiger partial charge in [0, 0.05) is 32.7 Å². The van der Waals surface area contributed by atoms with Gasteiger partial charge < -0.3 is 18.9 Å². The Morgan fingerprint density at radius 3 is 1.42 bits per heavy atom. The predicted molar refractivity (Wildman–Crippen MR) is 177 cm³/mol. The van der Waals surface area contributed by atoms with Gasteiger partial charge in [-0.3, -0.25) is 0 Å². The fourth-order valence-electron chi connectivity index (χ4n) is 5.03. The lowest BCUT2D eigenvalue weighted by atomic mass is 9.99. The predicted octanol–water partition coefficient (Wildman–Crippen LogP) is 8.78. The summed E-state index contributed by atoms with van der Waals surface area (Å²) in [7, 11) is 0. The summed E-state index contributed by atoms with van der Waals surface area (Å²) in [5.41, 5.74) is 3.29. The zero-order valence-corrected chi connectivity index (χ0v) is 25.7. The second-order valence-electron chi connectivity index (χ2n) is 11.0. The highest BCUT2D eigenvalue weighted by Crippen LogP contribution is 2.44. The maximum absolute atomic E-state index is 12.6. The number of benzene rings is 5. The van der Waals surface area contributed by atoms with Crippen LogP contribution in [-0.4, -0.2) is 25.2 Å². The van der Waals surface area contributed by atoms with E-state index in [2.05, 4.69) is 19.2 Å². The van der Waals surface area contributed by atoms with Crippen LogP contribution in [0, 0.1) is 6.92 Å². The van der Waals surface area contributed by atoms with Gasteiger partial charge in [0.05, 0.1) is 0 Å². The second-order valence-corrected chi connectivity index (χ2v) is 11.0. The molecular weight excluding hydrogens is 564 g/mol. The number of hydrogen-bond acceptors (Lipinski definition) is 6. The summed E-state index contributed by atoms with van der Waals surface area (Å²) in [4.78, 5) is 25.1. The van der Waals surface area contributed by atoms with Crippen LogP contribution in [0.3, 0.4) is 0 Å². The Balaban J connectivity index is 1.55. The van der Waals surface area contributed by atoms with Crippen molar-refractivity contribution in [1.82, 2.24) is 0 Å². The molecule has 0 saturated heterocycles. The van der Waals surface area contributed by atoms with E-state index < -0.39 is 24.1 Å². The van der Waals surface area contributed by atoms with E-state index in [0.717, 1.165) is 38.2 Å². The van der Waals surface area contributed by atoms with Gasteiger partial charge in [0.25, 0.3) is 0 Å². The molecule has 0 spiro atoms. The van der Waals surface area contributed by atoms with E-state index in [1.54, 1.807) is 13.8 Å². The van der Waals surface area contributed by atoms with E-state index in [-0.39, 0.29) is 13.2 Å². The molecule has 2 atom stereocenters. The number of esters is 2. The first-order chi connectivity index (χ1) is 21.7. The zero-order chi connectivity index (χ0) is 31.9. The Morgan fingerprint density at radius 1 is 0.578 bits per heavy atom. The summed E-state index contributed by atoms with van der Waals surface area (Å²) in [5.74, 6) is 0.329. The van der Waals surface area contributed by atoms with Crippen molar-refractivity contribution in [2.45, 2.75) is 33.0 Å². The fourth-order valence-corrected chi connectivity index (χ4v) is 5.03. The fraction of sp³-hybridized carbons (Fsp3) is 0.179. The van der Waals surface area contributed by atoms with Crippen molar-refractivity contribution >= 4 is 33.5 Å². The molecule has 0 heterocycles. The highest BCUT2D eigenvalue weighted by molar-refractivity contribution is 6.11. The molecule has 6 nitrogen and oxygen atoms in total. The average Bonchev–Trinajstić information content (AvgIpc) is 3.05. The van der Waals surface area contributed by atoms with E-state index in [1.165, 1.54) is 0 Å². The molecule has 0 N–H and O–H groups in total. The van der Waals surface area contributed by atoms with Crippen LogP contribution in [0.1, 0.15) is 42.7 Å². The Kier molecular flexibility index (Phi) is 9.64. The summed E-state index contributed by atoms with van der Waals surface area (Å²) in [6, 6.07) is 32.9. The van der Waals surface area contributed by atoms with E-state index in [4.69, 9.17) is 18.9 Å². The van der Waals surface area contributed by atoms with Crippen molar-refractivity contribution in [3.8, 4) is 11.5 Å². The van der Waals surface area contributed by atoms with Crippen LogP contribution in [0.4, 0.5) is 0 Å².